The molecule has 6 nitrogen and oxygen atoms in total. The molecule has 1 aliphatic rings. The van der Waals surface area contributed by atoms with Crippen LogP contribution in [0.15, 0.2) is 47.6 Å². The summed E-state index contributed by atoms with van der Waals surface area (Å²) in [6.07, 6.45) is 4.05. The van der Waals surface area contributed by atoms with E-state index in [0.29, 0.717) is 17.5 Å². The summed E-state index contributed by atoms with van der Waals surface area (Å²) in [4.78, 5) is 12.8. The number of Topliss-reactive ketones (excluding diaryl/α,β-unsaturated/α-hetero) is 1. The van der Waals surface area contributed by atoms with Gasteiger partial charge >= 0.3 is 0 Å². The number of carbonyl (C=O) groups is 1. The Kier molecular flexibility index (Phi) is 6.94. The average Bonchev–Trinajstić information content (AvgIpc) is 2.73. The predicted molar refractivity (Wildman–Crippen MR) is 122 cm³/mol. The van der Waals surface area contributed by atoms with Crippen LogP contribution in [-0.4, -0.2) is 32.3 Å². The third kappa shape index (κ3) is 4.81. The predicted octanol–water partition coefficient (Wildman–Crippen LogP) is 5.02. The number of carbonyl (C=O) groups excluding carboxylic acids is 1. The molecular formula is C26H30O6. The summed E-state index contributed by atoms with van der Waals surface area (Å²) < 4.78 is 5.82. The number of aliphatic hydroxyl groups excluding tert-OH is 1. The van der Waals surface area contributed by atoms with E-state index in [9.17, 15) is 25.2 Å². The van der Waals surface area contributed by atoms with Gasteiger partial charge in [0.1, 0.15) is 28.6 Å². The quantitative estimate of drug-likeness (QED) is 0.472. The largest absolute Gasteiger partial charge is 0.508 e. The summed E-state index contributed by atoms with van der Waals surface area (Å²) in [6.45, 7) is 7.65. The Morgan fingerprint density at radius 3 is 2.47 bits per heavy atom. The van der Waals surface area contributed by atoms with Gasteiger partial charge < -0.3 is 25.2 Å². The van der Waals surface area contributed by atoms with E-state index in [0.717, 1.165) is 12.8 Å². The summed E-state index contributed by atoms with van der Waals surface area (Å²) in [7, 11) is 0. The van der Waals surface area contributed by atoms with Crippen molar-refractivity contribution in [1.29, 1.82) is 0 Å². The van der Waals surface area contributed by atoms with E-state index >= 15 is 0 Å². The minimum absolute atomic E-state index is 0.00976. The van der Waals surface area contributed by atoms with Crippen molar-refractivity contribution in [3.8, 4) is 23.0 Å². The second kappa shape index (κ2) is 9.49. The zero-order valence-electron chi connectivity index (χ0n) is 18.8. The average molecular weight is 439 g/mol. The molecule has 2 atom stereocenters. The van der Waals surface area contributed by atoms with Crippen LogP contribution in [-0.2, 0) is 6.42 Å². The van der Waals surface area contributed by atoms with Crippen LogP contribution in [0.2, 0.25) is 0 Å². The minimum atomic E-state index is -1.53. The fourth-order valence-corrected chi connectivity index (χ4v) is 3.72. The maximum atomic E-state index is 12.8. The molecule has 2 aromatic carbocycles. The zero-order valence-corrected chi connectivity index (χ0v) is 18.8. The Bertz CT molecular complexity index is 1090. The fraction of sp³-hybridized carbons (Fsp3) is 0.346. The van der Waals surface area contributed by atoms with Crippen molar-refractivity contribution in [2.24, 2.45) is 0 Å². The maximum absolute atomic E-state index is 12.8. The molecule has 0 spiro atoms. The molecule has 0 fully saturated rings. The molecule has 0 bridgehead atoms. The molecule has 0 amide bonds. The Hall–Kier alpha value is -3.25. The molecule has 1 aliphatic heterocycles. The van der Waals surface area contributed by atoms with Gasteiger partial charge in [-0.05, 0) is 70.2 Å². The highest BCUT2D eigenvalue weighted by Gasteiger charge is 2.40. The first-order valence-electron chi connectivity index (χ1n) is 10.6. The molecule has 1 heterocycles. The topological polar surface area (TPSA) is 107 Å². The summed E-state index contributed by atoms with van der Waals surface area (Å²) in [5.74, 6) is -1.16. The molecule has 2 aromatic rings. The highest BCUT2D eigenvalue weighted by atomic mass is 16.5. The fourth-order valence-electron chi connectivity index (χ4n) is 3.72. The van der Waals surface area contributed by atoms with Crippen molar-refractivity contribution in [2.75, 3.05) is 0 Å². The molecule has 32 heavy (non-hydrogen) atoms. The number of phenols is 3. The van der Waals surface area contributed by atoms with Crippen molar-refractivity contribution < 1.29 is 30.0 Å². The van der Waals surface area contributed by atoms with Crippen molar-refractivity contribution in [3.63, 3.8) is 0 Å². The van der Waals surface area contributed by atoms with Gasteiger partial charge in [-0.2, -0.15) is 0 Å². The lowest BCUT2D eigenvalue weighted by Gasteiger charge is -2.31. The van der Waals surface area contributed by atoms with Crippen LogP contribution in [0.5, 0.6) is 23.0 Å². The van der Waals surface area contributed by atoms with Crippen molar-refractivity contribution in [3.05, 3.63) is 69.8 Å². The molecule has 3 rings (SSSR count). The van der Waals surface area contributed by atoms with Gasteiger partial charge in [0.2, 0.25) is 5.78 Å². The first-order valence-corrected chi connectivity index (χ1v) is 10.6. The first kappa shape index (κ1) is 23.4. The highest BCUT2D eigenvalue weighted by Crippen LogP contribution is 2.44. The van der Waals surface area contributed by atoms with Crippen LogP contribution >= 0.6 is 0 Å². The number of aliphatic hydroxyl groups is 1. The number of aromatic hydroxyl groups is 3. The SMILES string of the molecule is CC(C)=CCC/C(C)=C/Cc1cc([C@H]2Oc3cc(O)c(C)c(O)c3C(=O)[C@@H]2O)ccc1O. The molecule has 0 unspecified atom stereocenters. The molecule has 0 radical (unpaired) electrons. The smallest absolute Gasteiger partial charge is 0.202 e. The molecule has 6 heteroatoms. The standard InChI is InChI=1S/C26H30O6/c1-14(2)6-5-7-15(3)8-9-17-12-18(10-11-19(17)27)26-25(31)24(30)22-21(32-26)13-20(28)16(4)23(22)29/h6,8,10-13,25-29,31H,5,7,9H2,1-4H3/b15-8+/t25-,26+/m0/s1. The van der Waals surface area contributed by atoms with Crippen molar-refractivity contribution in [1.82, 2.24) is 0 Å². The van der Waals surface area contributed by atoms with E-state index in [1.165, 1.54) is 30.2 Å². The molecule has 0 saturated heterocycles. The molecule has 0 aliphatic carbocycles. The Morgan fingerprint density at radius 2 is 1.78 bits per heavy atom. The van der Waals surface area contributed by atoms with Crippen LogP contribution in [0.25, 0.3) is 0 Å². The van der Waals surface area contributed by atoms with Gasteiger partial charge in [-0.3, -0.25) is 4.79 Å². The molecule has 4 N–H and O–H groups in total. The summed E-state index contributed by atoms with van der Waals surface area (Å²) >= 11 is 0. The van der Waals surface area contributed by atoms with Crippen LogP contribution in [0, 0.1) is 6.92 Å². The van der Waals surface area contributed by atoms with E-state index in [-0.39, 0.29) is 28.4 Å². The van der Waals surface area contributed by atoms with Crippen molar-refractivity contribution >= 4 is 5.78 Å². The molecule has 0 saturated carbocycles. The normalized spacial score (nSPS) is 18.2. The van der Waals surface area contributed by atoms with E-state index < -0.39 is 23.7 Å². The van der Waals surface area contributed by atoms with Crippen LogP contribution in [0.1, 0.15) is 66.8 Å². The minimum Gasteiger partial charge on any atom is -0.508 e. The Balaban J connectivity index is 1.86. The van der Waals surface area contributed by atoms with Crippen LogP contribution in [0.3, 0.4) is 0 Å². The molecular weight excluding hydrogens is 408 g/mol. The monoisotopic (exact) mass is 438 g/mol. The lowest BCUT2D eigenvalue weighted by molar-refractivity contribution is 0.0210. The number of hydrogen-bond acceptors (Lipinski definition) is 6. The number of fused-ring (bicyclic) bond motifs is 1. The van der Waals surface area contributed by atoms with Gasteiger partial charge in [-0.1, -0.05) is 29.4 Å². The van der Waals surface area contributed by atoms with Gasteiger partial charge in [-0.15, -0.1) is 0 Å². The maximum Gasteiger partial charge on any atom is 0.202 e. The van der Waals surface area contributed by atoms with E-state index in [1.807, 2.05) is 6.92 Å². The lowest BCUT2D eigenvalue weighted by Crippen LogP contribution is -2.36. The highest BCUT2D eigenvalue weighted by molar-refractivity contribution is 6.06. The van der Waals surface area contributed by atoms with E-state index in [4.69, 9.17) is 4.74 Å². The van der Waals surface area contributed by atoms with Gasteiger partial charge in [0.15, 0.2) is 12.2 Å². The molecule has 0 aromatic heterocycles. The summed E-state index contributed by atoms with van der Waals surface area (Å²) in [6, 6.07) is 6.07. The number of benzene rings is 2. The number of ketones is 1. The van der Waals surface area contributed by atoms with E-state index in [2.05, 4.69) is 26.0 Å². The third-order valence-electron chi connectivity index (χ3n) is 5.74. The number of rotatable bonds is 6. The van der Waals surface area contributed by atoms with Gasteiger partial charge in [-0.25, -0.2) is 0 Å². The Labute approximate surface area is 188 Å². The summed E-state index contributed by atoms with van der Waals surface area (Å²) in [5, 5.41) is 41.2. The van der Waals surface area contributed by atoms with Gasteiger partial charge in [0.05, 0.1) is 0 Å². The van der Waals surface area contributed by atoms with Crippen molar-refractivity contribution in [2.45, 2.75) is 59.2 Å². The van der Waals surface area contributed by atoms with Gasteiger partial charge in [0, 0.05) is 11.6 Å². The zero-order chi connectivity index (χ0) is 23.6. The number of hydrogen-bond donors (Lipinski definition) is 4. The Morgan fingerprint density at radius 1 is 1.06 bits per heavy atom. The molecule has 170 valence electrons. The number of ether oxygens (including phenoxy) is 1. The van der Waals surface area contributed by atoms with Crippen LogP contribution in [0.4, 0.5) is 0 Å². The van der Waals surface area contributed by atoms with Gasteiger partial charge in [0.25, 0.3) is 0 Å². The van der Waals surface area contributed by atoms with Crippen LogP contribution < -0.4 is 4.74 Å². The van der Waals surface area contributed by atoms with E-state index in [1.54, 1.807) is 12.1 Å². The summed E-state index contributed by atoms with van der Waals surface area (Å²) in [5.41, 5.74) is 3.64. The second-order valence-corrected chi connectivity index (χ2v) is 8.55. The number of phenolic OH excluding ortho intramolecular Hbond substituents is 3. The second-order valence-electron chi connectivity index (χ2n) is 8.55. The lowest BCUT2D eigenvalue weighted by atomic mass is 9.90. The first-order chi connectivity index (χ1) is 15.1. The third-order valence-corrected chi connectivity index (χ3v) is 5.74. The number of allylic oxidation sites excluding steroid dienone is 4.